The highest BCUT2D eigenvalue weighted by molar-refractivity contribution is 6.93. The third-order valence-electron chi connectivity index (χ3n) is 1.44. The van der Waals surface area contributed by atoms with Gasteiger partial charge >= 0.3 is 0 Å². The normalized spacial score (nSPS) is 9.58. The van der Waals surface area contributed by atoms with Gasteiger partial charge in [-0.1, -0.05) is 30.3 Å². The molecule has 0 heterocycles. The third kappa shape index (κ3) is 5.64. The first-order chi connectivity index (χ1) is 5.93. The highest BCUT2D eigenvalue weighted by atomic mass is 35.6. The van der Waals surface area contributed by atoms with Gasteiger partial charge in [-0.2, -0.15) is 11.1 Å². The molecule has 0 saturated heterocycles. The molecule has 1 aromatic rings. The molecule has 12 heavy (non-hydrogen) atoms. The molecule has 0 radical (unpaired) electrons. The van der Waals surface area contributed by atoms with Gasteiger partial charge in [0.2, 0.25) is 0 Å². The monoisotopic (exact) mass is 220 g/mol. The van der Waals surface area contributed by atoms with Gasteiger partial charge in [0.1, 0.15) is 8.83 Å². The second-order valence-electron chi connectivity index (χ2n) is 2.28. The van der Waals surface area contributed by atoms with Crippen molar-refractivity contribution in [3.63, 3.8) is 0 Å². The minimum Gasteiger partial charge on any atom is -0.176 e. The van der Waals surface area contributed by atoms with Crippen molar-refractivity contribution in [1.29, 1.82) is 0 Å². The van der Waals surface area contributed by atoms with Gasteiger partial charge in [0.25, 0.3) is 0 Å². The second-order valence-corrected chi connectivity index (χ2v) is 4.50. The van der Waals surface area contributed by atoms with Gasteiger partial charge in [-0.15, -0.1) is 11.6 Å². The third-order valence-corrected chi connectivity index (χ3v) is 2.86. The molecule has 0 aliphatic rings. The maximum Gasteiger partial charge on any atom is 0.125 e. The zero-order valence-electron chi connectivity index (χ0n) is 7.26. The minimum atomic E-state index is -0.258. The van der Waals surface area contributed by atoms with Crippen LogP contribution in [0.1, 0.15) is 5.56 Å². The van der Waals surface area contributed by atoms with Crippen molar-refractivity contribution < 1.29 is 0 Å². The van der Waals surface area contributed by atoms with Gasteiger partial charge in [-0.05, 0) is 18.0 Å². The number of aryl methyl sites for hydroxylation is 1. The quantitative estimate of drug-likeness (QED) is 0.418. The molecule has 1 rings (SSSR count). The molecule has 0 N–H and O–H groups in total. The number of hydrogen-bond acceptors (Lipinski definition) is 0. The van der Waals surface area contributed by atoms with Crippen LogP contribution in [0.25, 0.3) is 0 Å². The molecule has 0 aromatic heterocycles. The lowest BCUT2D eigenvalue weighted by Gasteiger charge is -1.95. The number of halogens is 2. The van der Waals surface area contributed by atoms with E-state index in [2.05, 4.69) is 35.9 Å². The van der Waals surface area contributed by atoms with Crippen LogP contribution in [-0.2, 0) is 6.42 Å². The van der Waals surface area contributed by atoms with Crippen LogP contribution in [0.2, 0.25) is 6.04 Å². The van der Waals surface area contributed by atoms with Crippen molar-refractivity contribution in [1.82, 2.24) is 0 Å². The van der Waals surface area contributed by atoms with E-state index in [0.29, 0.717) is 0 Å². The summed E-state index contributed by atoms with van der Waals surface area (Å²) in [6, 6.07) is 11.7. The second kappa shape index (κ2) is 9.11. The number of rotatable bonds is 3. The van der Waals surface area contributed by atoms with Crippen LogP contribution in [0.3, 0.4) is 0 Å². The first kappa shape index (κ1) is 12.0. The number of benzene rings is 1. The maximum atomic E-state index is 5.69. The SMILES string of the molecule is CCl.Cl[SiH2]CCc1ccccc1. The fourth-order valence-corrected chi connectivity index (χ4v) is 1.86. The summed E-state index contributed by atoms with van der Waals surface area (Å²) >= 11 is 10.3. The van der Waals surface area contributed by atoms with Gasteiger partial charge < -0.3 is 0 Å². The molecule has 0 aliphatic carbocycles. The lowest BCUT2D eigenvalue weighted by molar-refractivity contribution is 1.13. The molecule has 1 aromatic carbocycles. The van der Waals surface area contributed by atoms with Crippen LogP contribution < -0.4 is 0 Å². The first-order valence-corrected chi connectivity index (χ1v) is 7.80. The van der Waals surface area contributed by atoms with Crippen molar-refractivity contribution in [2.24, 2.45) is 0 Å². The lowest BCUT2D eigenvalue weighted by atomic mass is 10.2. The molecule has 0 nitrogen and oxygen atoms in total. The van der Waals surface area contributed by atoms with Crippen molar-refractivity contribution in [3.05, 3.63) is 35.9 Å². The maximum absolute atomic E-state index is 5.69. The van der Waals surface area contributed by atoms with Gasteiger partial charge in [0.15, 0.2) is 0 Å². The summed E-state index contributed by atoms with van der Waals surface area (Å²) in [6.45, 7) is 0. The van der Waals surface area contributed by atoms with Crippen LogP contribution in [0.4, 0.5) is 0 Å². The Morgan fingerprint density at radius 2 is 1.75 bits per heavy atom. The molecular weight excluding hydrogens is 207 g/mol. The number of hydrogen-bond donors (Lipinski definition) is 0. The van der Waals surface area contributed by atoms with Gasteiger partial charge in [-0.25, -0.2) is 0 Å². The summed E-state index contributed by atoms with van der Waals surface area (Å²) < 4.78 is 0. The van der Waals surface area contributed by atoms with Crippen LogP contribution in [0.5, 0.6) is 0 Å². The van der Waals surface area contributed by atoms with E-state index in [0.717, 1.165) is 6.42 Å². The Labute approximate surface area is 86.4 Å². The summed E-state index contributed by atoms with van der Waals surface area (Å²) in [5, 5.41) is 0. The average Bonchev–Trinajstić information content (AvgIpc) is 2.19. The van der Waals surface area contributed by atoms with Crippen molar-refractivity contribution in [3.8, 4) is 0 Å². The van der Waals surface area contributed by atoms with E-state index in [9.17, 15) is 0 Å². The van der Waals surface area contributed by atoms with E-state index in [1.807, 2.05) is 6.07 Å². The largest absolute Gasteiger partial charge is 0.176 e. The summed E-state index contributed by atoms with van der Waals surface area (Å²) in [4.78, 5) is 0. The van der Waals surface area contributed by atoms with Crippen LogP contribution in [0, 0.1) is 0 Å². The molecule has 0 aliphatic heterocycles. The Bertz CT molecular complexity index is 177. The van der Waals surface area contributed by atoms with Gasteiger partial charge in [0.05, 0.1) is 0 Å². The molecule has 68 valence electrons. The van der Waals surface area contributed by atoms with Crippen molar-refractivity contribution in [2.75, 3.05) is 6.38 Å². The topological polar surface area (TPSA) is 0 Å². The Balaban J connectivity index is 0.000000561. The Hall–Kier alpha value is 0.0169. The molecule has 0 saturated carbocycles. The highest BCUT2D eigenvalue weighted by Crippen LogP contribution is 2.02. The zero-order chi connectivity index (χ0) is 9.23. The lowest BCUT2D eigenvalue weighted by Crippen LogP contribution is -1.85. The summed E-state index contributed by atoms with van der Waals surface area (Å²) in [6.07, 6.45) is 2.64. The number of alkyl halides is 1. The van der Waals surface area contributed by atoms with Crippen LogP contribution in [-0.4, -0.2) is 15.2 Å². The Morgan fingerprint density at radius 3 is 2.25 bits per heavy atom. The minimum absolute atomic E-state index is 0.258. The standard InChI is InChI=1S/C8H11ClSi.CH3Cl/c9-10-7-6-8-4-2-1-3-5-8;1-2/h1-5H,6-7,10H2;1H3. The van der Waals surface area contributed by atoms with Gasteiger partial charge in [0, 0.05) is 6.38 Å². The smallest absolute Gasteiger partial charge is 0.125 e. The van der Waals surface area contributed by atoms with E-state index in [-0.39, 0.29) is 8.83 Å². The fourth-order valence-electron chi connectivity index (χ4n) is 0.916. The molecule has 0 atom stereocenters. The average molecular weight is 221 g/mol. The van der Waals surface area contributed by atoms with Crippen LogP contribution >= 0.6 is 22.7 Å². The molecule has 0 bridgehead atoms. The fraction of sp³-hybridized carbons (Fsp3) is 0.333. The molecular formula is C9H14Cl2Si. The molecule has 0 fully saturated rings. The first-order valence-electron chi connectivity index (χ1n) is 3.91. The summed E-state index contributed by atoms with van der Waals surface area (Å²) in [5.41, 5.74) is 1.41. The van der Waals surface area contributed by atoms with E-state index >= 15 is 0 Å². The summed E-state index contributed by atoms with van der Waals surface area (Å²) in [5.74, 6) is 0. The van der Waals surface area contributed by atoms with E-state index in [1.165, 1.54) is 18.0 Å². The Kier molecular flexibility index (Phi) is 9.12. The molecule has 0 amide bonds. The van der Waals surface area contributed by atoms with E-state index < -0.39 is 0 Å². The van der Waals surface area contributed by atoms with Gasteiger partial charge in [-0.3, -0.25) is 0 Å². The Morgan fingerprint density at radius 1 is 1.17 bits per heavy atom. The van der Waals surface area contributed by atoms with E-state index in [1.54, 1.807) is 0 Å². The van der Waals surface area contributed by atoms with Crippen LogP contribution in [0.15, 0.2) is 30.3 Å². The zero-order valence-corrected chi connectivity index (χ0v) is 10.2. The molecule has 0 unspecified atom stereocenters. The predicted molar refractivity (Wildman–Crippen MR) is 61.1 cm³/mol. The van der Waals surface area contributed by atoms with Crippen molar-refractivity contribution >= 4 is 31.5 Å². The van der Waals surface area contributed by atoms with E-state index in [4.69, 9.17) is 11.1 Å². The van der Waals surface area contributed by atoms with Crippen molar-refractivity contribution in [2.45, 2.75) is 12.5 Å². The summed E-state index contributed by atoms with van der Waals surface area (Å²) in [7, 11) is -0.258. The highest BCUT2D eigenvalue weighted by Gasteiger charge is 1.88. The predicted octanol–water partition coefficient (Wildman–Crippen LogP) is 2.83. The molecule has 0 spiro atoms. The molecule has 3 heteroatoms.